The Kier molecular flexibility index (Phi) is 6.19. The zero-order valence-corrected chi connectivity index (χ0v) is 16.8. The molecule has 3 aromatic rings. The third-order valence-corrected chi connectivity index (χ3v) is 4.38. The van der Waals surface area contributed by atoms with E-state index in [9.17, 15) is 0 Å². The summed E-state index contributed by atoms with van der Waals surface area (Å²) >= 11 is 0. The monoisotopic (exact) mass is 366 g/mol. The Hall–Kier alpha value is -2.30. The van der Waals surface area contributed by atoms with Crippen LogP contribution in [0.2, 0.25) is 0 Å². The topological polar surface area (TPSA) is 46.3 Å². The van der Waals surface area contributed by atoms with Crippen LogP contribution in [0, 0.1) is 5.41 Å². The molecule has 0 amide bonds. The number of hydrogen-bond donors (Lipinski definition) is 2. The molecular formula is C23H30N2O2. The van der Waals surface area contributed by atoms with Crippen molar-refractivity contribution < 1.29 is 9.47 Å². The molecule has 0 aliphatic heterocycles. The highest BCUT2D eigenvalue weighted by molar-refractivity contribution is 5.95. The van der Waals surface area contributed by atoms with Crippen LogP contribution in [0.3, 0.4) is 0 Å². The first kappa shape index (κ1) is 19.5. The lowest BCUT2D eigenvalue weighted by molar-refractivity contribution is 0.0617. The quantitative estimate of drug-likeness (QED) is 0.521. The standard InChI is InChI=1S/C23H30N2O2/c1-23(2,3)16-24-21-13-17(15-27-11-10-26-4)12-19-14-20(25-22(19)21)18-8-6-5-7-9-18/h5-9,12-14,24-25H,10-11,15-16H2,1-4H3. The Labute approximate surface area is 161 Å². The second-order valence-electron chi connectivity index (χ2n) is 8.12. The number of methoxy groups -OCH3 is 1. The van der Waals surface area contributed by atoms with Crippen LogP contribution >= 0.6 is 0 Å². The Bertz CT molecular complexity index is 863. The van der Waals surface area contributed by atoms with Crippen molar-refractivity contribution >= 4 is 16.6 Å². The number of benzene rings is 2. The smallest absolute Gasteiger partial charge is 0.0719 e. The SMILES string of the molecule is COCCOCc1cc(NCC(C)(C)C)c2[nH]c(-c3ccccc3)cc2c1. The van der Waals surface area contributed by atoms with Gasteiger partial charge in [-0.25, -0.2) is 0 Å². The van der Waals surface area contributed by atoms with Gasteiger partial charge in [0, 0.05) is 24.7 Å². The number of rotatable bonds is 8. The molecule has 144 valence electrons. The van der Waals surface area contributed by atoms with Gasteiger partial charge in [-0.3, -0.25) is 0 Å². The zero-order chi connectivity index (χ0) is 19.3. The summed E-state index contributed by atoms with van der Waals surface area (Å²) in [7, 11) is 1.69. The second-order valence-corrected chi connectivity index (χ2v) is 8.12. The van der Waals surface area contributed by atoms with E-state index in [0.29, 0.717) is 19.8 Å². The van der Waals surface area contributed by atoms with Gasteiger partial charge in [-0.2, -0.15) is 0 Å². The summed E-state index contributed by atoms with van der Waals surface area (Å²) in [6.45, 7) is 9.39. The molecule has 0 fully saturated rings. The van der Waals surface area contributed by atoms with Crippen molar-refractivity contribution in [3.63, 3.8) is 0 Å². The summed E-state index contributed by atoms with van der Waals surface area (Å²) in [6, 6.07) is 17.0. The van der Waals surface area contributed by atoms with Gasteiger partial charge in [-0.1, -0.05) is 51.1 Å². The first-order valence-corrected chi connectivity index (χ1v) is 9.48. The van der Waals surface area contributed by atoms with Crippen LogP contribution < -0.4 is 5.32 Å². The number of aromatic amines is 1. The van der Waals surface area contributed by atoms with Gasteiger partial charge in [0.1, 0.15) is 0 Å². The lowest BCUT2D eigenvalue weighted by Crippen LogP contribution is -2.19. The van der Waals surface area contributed by atoms with E-state index in [1.54, 1.807) is 7.11 Å². The lowest BCUT2D eigenvalue weighted by Gasteiger charge is -2.20. The second kappa shape index (κ2) is 8.59. The zero-order valence-electron chi connectivity index (χ0n) is 16.8. The molecule has 1 heterocycles. The molecule has 0 aliphatic rings. The van der Waals surface area contributed by atoms with Crippen LogP contribution in [-0.2, 0) is 16.1 Å². The highest BCUT2D eigenvalue weighted by Crippen LogP contribution is 2.31. The van der Waals surface area contributed by atoms with E-state index in [1.165, 1.54) is 10.9 Å². The Balaban J connectivity index is 1.93. The number of ether oxygens (including phenoxy) is 2. The molecule has 0 aliphatic carbocycles. The Morgan fingerprint density at radius 3 is 2.48 bits per heavy atom. The van der Waals surface area contributed by atoms with Gasteiger partial charge < -0.3 is 19.8 Å². The summed E-state index contributed by atoms with van der Waals surface area (Å²) in [6.07, 6.45) is 0. The molecule has 27 heavy (non-hydrogen) atoms. The Morgan fingerprint density at radius 2 is 1.78 bits per heavy atom. The molecule has 3 rings (SSSR count). The van der Waals surface area contributed by atoms with Crippen LogP contribution in [0.1, 0.15) is 26.3 Å². The van der Waals surface area contributed by atoms with Crippen molar-refractivity contribution in [3.8, 4) is 11.3 Å². The summed E-state index contributed by atoms with van der Waals surface area (Å²) in [5.41, 5.74) is 5.93. The van der Waals surface area contributed by atoms with Crippen LogP contribution in [0.25, 0.3) is 22.2 Å². The summed E-state index contributed by atoms with van der Waals surface area (Å²) < 4.78 is 10.8. The van der Waals surface area contributed by atoms with Crippen molar-refractivity contribution in [1.29, 1.82) is 0 Å². The number of aromatic nitrogens is 1. The average molecular weight is 367 g/mol. The van der Waals surface area contributed by atoms with Gasteiger partial charge >= 0.3 is 0 Å². The maximum absolute atomic E-state index is 5.74. The average Bonchev–Trinajstić information content (AvgIpc) is 3.08. The van der Waals surface area contributed by atoms with Crippen LogP contribution in [0.5, 0.6) is 0 Å². The van der Waals surface area contributed by atoms with Gasteiger partial charge in [0.15, 0.2) is 0 Å². The largest absolute Gasteiger partial charge is 0.383 e. The van der Waals surface area contributed by atoms with E-state index in [0.717, 1.165) is 29.0 Å². The minimum Gasteiger partial charge on any atom is -0.383 e. The molecule has 0 atom stereocenters. The summed E-state index contributed by atoms with van der Waals surface area (Å²) in [5.74, 6) is 0. The molecule has 0 unspecified atom stereocenters. The van der Waals surface area contributed by atoms with Crippen molar-refractivity contribution in [2.75, 3.05) is 32.2 Å². The van der Waals surface area contributed by atoms with Gasteiger partial charge in [-0.05, 0) is 34.7 Å². The fourth-order valence-corrected chi connectivity index (χ4v) is 2.99. The molecule has 0 saturated heterocycles. The number of anilines is 1. The van der Waals surface area contributed by atoms with Gasteiger partial charge in [0.2, 0.25) is 0 Å². The molecule has 0 spiro atoms. The molecule has 0 bridgehead atoms. The van der Waals surface area contributed by atoms with Crippen LogP contribution in [-0.4, -0.2) is 31.9 Å². The van der Waals surface area contributed by atoms with Crippen molar-refractivity contribution in [3.05, 3.63) is 54.1 Å². The fraction of sp³-hybridized carbons (Fsp3) is 0.391. The predicted molar refractivity (Wildman–Crippen MR) is 113 cm³/mol. The van der Waals surface area contributed by atoms with E-state index in [2.05, 4.69) is 73.5 Å². The molecule has 2 N–H and O–H groups in total. The highest BCUT2D eigenvalue weighted by atomic mass is 16.5. The molecule has 4 nitrogen and oxygen atoms in total. The molecule has 0 radical (unpaired) electrons. The molecule has 2 aromatic carbocycles. The summed E-state index contributed by atoms with van der Waals surface area (Å²) in [4.78, 5) is 3.60. The minimum absolute atomic E-state index is 0.201. The highest BCUT2D eigenvalue weighted by Gasteiger charge is 2.13. The Morgan fingerprint density at radius 1 is 1.00 bits per heavy atom. The third-order valence-electron chi connectivity index (χ3n) is 4.38. The third kappa shape index (κ3) is 5.34. The van der Waals surface area contributed by atoms with Gasteiger partial charge in [-0.15, -0.1) is 0 Å². The fourth-order valence-electron chi connectivity index (χ4n) is 2.99. The van der Waals surface area contributed by atoms with Gasteiger partial charge in [0.25, 0.3) is 0 Å². The van der Waals surface area contributed by atoms with Crippen molar-refractivity contribution in [2.45, 2.75) is 27.4 Å². The van der Waals surface area contributed by atoms with E-state index in [4.69, 9.17) is 9.47 Å². The lowest BCUT2D eigenvalue weighted by atomic mass is 9.97. The molecule has 0 saturated carbocycles. The first-order valence-electron chi connectivity index (χ1n) is 9.48. The maximum Gasteiger partial charge on any atom is 0.0719 e. The van der Waals surface area contributed by atoms with Crippen molar-refractivity contribution in [1.82, 2.24) is 4.98 Å². The van der Waals surface area contributed by atoms with Crippen LogP contribution in [0.4, 0.5) is 5.69 Å². The maximum atomic E-state index is 5.74. The van der Waals surface area contributed by atoms with Crippen molar-refractivity contribution in [2.24, 2.45) is 5.41 Å². The van der Waals surface area contributed by atoms with E-state index in [-0.39, 0.29) is 5.41 Å². The van der Waals surface area contributed by atoms with E-state index in [1.807, 2.05) is 6.07 Å². The minimum atomic E-state index is 0.201. The van der Waals surface area contributed by atoms with E-state index >= 15 is 0 Å². The number of nitrogens with one attached hydrogen (secondary N) is 2. The van der Waals surface area contributed by atoms with Crippen LogP contribution in [0.15, 0.2) is 48.5 Å². The van der Waals surface area contributed by atoms with E-state index < -0.39 is 0 Å². The predicted octanol–water partition coefficient (Wildman–Crippen LogP) is 5.46. The number of fused-ring (bicyclic) bond motifs is 1. The molecular weight excluding hydrogens is 336 g/mol. The van der Waals surface area contributed by atoms with Gasteiger partial charge in [0.05, 0.1) is 31.0 Å². The molecule has 1 aromatic heterocycles. The number of H-pyrrole nitrogens is 1. The first-order chi connectivity index (χ1) is 13.0. The number of hydrogen-bond acceptors (Lipinski definition) is 3. The molecule has 4 heteroatoms. The normalized spacial score (nSPS) is 11.9. The summed E-state index contributed by atoms with van der Waals surface area (Å²) in [5, 5.41) is 4.82.